The van der Waals surface area contributed by atoms with E-state index in [1.54, 1.807) is 6.92 Å². The number of hydrogen-bond donors (Lipinski definition) is 1. The van der Waals surface area contributed by atoms with E-state index in [1.807, 2.05) is 44.2 Å². The topological polar surface area (TPSA) is 71.5 Å². The predicted molar refractivity (Wildman–Crippen MR) is 101 cm³/mol. The van der Waals surface area contributed by atoms with E-state index in [2.05, 4.69) is 10.3 Å². The van der Waals surface area contributed by atoms with Gasteiger partial charge in [-0.2, -0.15) is 0 Å². The molecule has 6 nitrogen and oxygen atoms in total. The third kappa shape index (κ3) is 3.72. The average molecular weight is 373 g/mol. The van der Waals surface area contributed by atoms with Crippen LogP contribution in [-0.4, -0.2) is 34.0 Å². The van der Waals surface area contributed by atoms with Crippen LogP contribution in [0.2, 0.25) is 0 Å². The first-order chi connectivity index (χ1) is 12.4. The van der Waals surface area contributed by atoms with E-state index in [4.69, 9.17) is 4.74 Å². The third-order valence-corrected chi connectivity index (χ3v) is 5.79. The normalized spacial score (nSPS) is 19.4. The zero-order valence-corrected chi connectivity index (χ0v) is 16.1. The molecule has 1 N–H and O–H groups in total. The van der Waals surface area contributed by atoms with E-state index in [1.165, 1.54) is 16.2 Å². The molecular formula is C19H23N3O3S. The second kappa shape index (κ2) is 7.45. The summed E-state index contributed by atoms with van der Waals surface area (Å²) in [6, 6.07) is 9.50. The summed E-state index contributed by atoms with van der Waals surface area (Å²) in [6.07, 6.45) is 0.901. The molecule has 1 aromatic heterocycles. The van der Waals surface area contributed by atoms with Crippen LogP contribution in [0.5, 0.6) is 0 Å². The zero-order valence-electron chi connectivity index (χ0n) is 15.2. The first-order valence-corrected chi connectivity index (χ1v) is 9.45. The molecule has 2 aromatic rings. The van der Waals surface area contributed by atoms with Crippen LogP contribution in [-0.2, 0) is 16.1 Å². The minimum atomic E-state index is -0.929. The van der Waals surface area contributed by atoms with Crippen molar-refractivity contribution >= 4 is 28.5 Å². The summed E-state index contributed by atoms with van der Waals surface area (Å²) in [5, 5.41) is 3.43. The minimum absolute atomic E-state index is 0.193. The van der Waals surface area contributed by atoms with Gasteiger partial charge in [-0.1, -0.05) is 30.3 Å². The summed E-state index contributed by atoms with van der Waals surface area (Å²) in [7, 11) is 0. The lowest BCUT2D eigenvalue weighted by Gasteiger charge is -2.32. The minimum Gasteiger partial charge on any atom is -0.445 e. The average Bonchev–Trinajstić information content (AvgIpc) is 3.17. The van der Waals surface area contributed by atoms with Crippen molar-refractivity contribution in [1.29, 1.82) is 0 Å². The SMILES string of the molecule is Cc1nc(NC(=O)C2(C)CCCN2C(=O)OCc2ccccc2)sc1C. The Morgan fingerprint density at radius 3 is 2.69 bits per heavy atom. The number of carbonyl (C=O) groups is 2. The van der Waals surface area contributed by atoms with Gasteiger partial charge >= 0.3 is 6.09 Å². The monoisotopic (exact) mass is 373 g/mol. The number of aromatic nitrogens is 1. The predicted octanol–water partition coefficient (Wildman–Crippen LogP) is 3.89. The molecule has 0 bridgehead atoms. The molecule has 7 heteroatoms. The van der Waals surface area contributed by atoms with Gasteiger partial charge in [-0.05, 0) is 39.2 Å². The highest BCUT2D eigenvalue weighted by atomic mass is 32.1. The van der Waals surface area contributed by atoms with E-state index in [0.717, 1.165) is 22.6 Å². The number of thiazole rings is 1. The van der Waals surface area contributed by atoms with E-state index in [-0.39, 0.29) is 12.5 Å². The summed E-state index contributed by atoms with van der Waals surface area (Å²) in [5.41, 5.74) is 0.891. The van der Waals surface area contributed by atoms with E-state index in [0.29, 0.717) is 18.1 Å². The van der Waals surface area contributed by atoms with Crippen LogP contribution in [0.1, 0.15) is 35.9 Å². The maximum Gasteiger partial charge on any atom is 0.410 e. The lowest BCUT2D eigenvalue weighted by molar-refractivity contribution is -0.125. The largest absolute Gasteiger partial charge is 0.445 e. The molecule has 2 amide bonds. The Kier molecular flexibility index (Phi) is 5.27. The first kappa shape index (κ1) is 18.4. The zero-order chi connectivity index (χ0) is 18.7. The Hall–Kier alpha value is -2.41. The standard InChI is InChI=1S/C19H23N3O3S/c1-13-14(2)26-17(20-13)21-16(23)19(3)10-7-11-22(19)18(24)25-12-15-8-5-4-6-9-15/h4-6,8-9H,7,10-12H2,1-3H3,(H,20,21,23). The quantitative estimate of drug-likeness (QED) is 0.882. The molecule has 2 heterocycles. The fourth-order valence-electron chi connectivity index (χ4n) is 3.05. The first-order valence-electron chi connectivity index (χ1n) is 8.64. The van der Waals surface area contributed by atoms with Gasteiger partial charge in [-0.15, -0.1) is 11.3 Å². The van der Waals surface area contributed by atoms with Gasteiger partial charge in [-0.25, -0.2) is 9.78 Å². The Bertz CT molecular complexity index is 786. The number of amides is 2. The molecular weight excluding hydrogens is 350 g/mol. The number of rotatable bonds is 4. The number of nitrogens with zero attached hydrogens (tertiary/aromatic N) is 2. The van der Waals surface area contributed by atoms with Crippen molar-refractivity contribution < 1.29 is 14.3 Å². The molecule has 1 aromatic carbocycles. The molecule has 0 aliphatic carbocycles. The summed E-state index contributed by atoms with van der Waals surface area (Å²) in [4.78, 5) is 32.4. The molecule has 1 fully saturated rings. The molecule has 138 valence electrons. The Morgan fingerprint density at radius 1 is 1.31 bits per heavy atom. The number of anilines is 1. The van der Waals surface area contributed by atoms with Crippen molar-refractivity contribution in [3.05, 3.63) is 46.5 Å². The highest BCUT2D eigenvalue weighted by Crippen LogP contribution is 2.32. The molecule has 1 saturated heterocycles. The van der Waals surface area contributed by atoms with Gasteiger partial charge in [0.15, 0.2) is 5.13 Å². The number of nitrogens with one attached hydrogen (secondary N) is 1. The number of ether oxygens (including phenoxy) is 1. The van der Waals surface area contributed by atoms with E-state index >= 15 is 0 Å². The molecule has 0 spiro atoms. The van der Waals surface area contributed by atoms with Gasteiger partial charge in [0.1, 0.15) is 12.1 Å². The van der Waals surface area contributed by atoms with Crippen LogP contribution in [0, 0.1) is 13.8 Å². The van der Waals surface area contributed by atoms with Crippen LogP contribution in [0.4, 0.5) is 9.93 Å². The van der Waals surface area contributed by atoms with Crippen LogP contribution in [0.3, 0.4) is 0 Å². The molecule has 0 radical (unpaired) electrons. The van der Waals surface area contributed by atoms with Crippen molar-refractivity contribution in [1.82, 2.24) is 9.88 Å². The smallest absolute Gasteiger partial charge is 0.410 e. The van der Waals surface area contributed by atoms with Crippen molar-refractivity contribution in [3.63, 3.8) is 0 Å². The van der Waals surface area contributed by atoms with Crippen LogP contribution >= 0.6 is 11.3 Å². The number of carbonyl (C=O) groups excluding carboxylic acids is 2. The van der Waals surface area contributed by atoms with Crippen LogP contribution in [0.15, 0.2) is 30.3 Å². The molecule has 1 aliphatic rings. The molecule has 1 atom stereocenters. The number of hydrogen-bond acceptors (Lipinski definition) is 5. The molecule has 0 saturated carbocycles. The van der Waals surface area contributed by atoms with Gasteiger partial charge in [0.25, 0.3) is 5.91 Å². The van der Waals surface area contributed by atoms with Gasteiger partial charge in [0.05, 0.1) is 5.69 Å². The summed E-state index contributed by atoms with van der Waals surface area (Å²) >= 11 is 1.44. The van der Waals surface area contributed by atoms with Crippen LogP contribution in [0.25, 0.3) is 0 Å². The summed E-state index contributed by atoms with van der Waals surface area (Å²) < 4.78 is 5.43. The van der Waals surface area contributed by atoms with Gasteiger partial charge < -0.3 is 4.74 Å². The highest BCUT2D eigenvalue weighted by Gasteiger charge is 2.46. The van der Waals surface area contributed by atoms with Crippen molar-refractivity contribution in [2.45, 2.75) is 45.8 Å². The number of benzene rings is 1. The Morgan fingerprint density at radius 2 is 2.04 bits per heavy atom. The van der Waals surface area contributed by atoms with E-state index < -0.39 is 11.6 Å². The van der Waals surface area contributed by atoms with Gasteiger partial charge in [0.2, 0.25) is 0 Å². The Labute approximate surface area is 157 Å². The molecule has 3 rings (SSSR count). The second-order valence-electron chi connectivity index (χ2n) is 6.68. The molecule has 26 heavy (non-hydrogen) atoms. The lowest BCUT2D eigenvalue weighted by atomic mass is 9.98. The summed E-state index contributed by atoms with van der Waals surface area (Å²) in [5.74, 6) is -0.222. The summed E-state index contributed by atoms with van der Waals surface area (Å²) in [6.45, 7) is 6.36. The van der Waals surface area contributed by atoms with Crippen molar-refractivity contribution in [2.24, 2.45) is 0 Å². The third-order valence-electron chi connectivity index (χ3n) is 4.80. The van der Waals surface area contributed by atoms with E-state index in [9.17, 15) is 9.59 Å². The van der Waals surface area contributed by atoms with Gasteiger partial charge in [-0.3, -0.25) is 15.0 Å². The maximum absolute atomic E-state index is 12.9. The fourth-order valence-corrected chi connectivity index (χ4v) is 3.86. The fraction of sp³-hybridized carbons (Fsp3) is 0.421. The molecule has 1 unspecified atom stereocenters. The van der Waals surface area contributed by atoms with Crippen molar-refractivity contribution in [2.75, 3.05) is 11.9 Å². The maximum atomic E-state index is 12.9. The second-order valence-corrected chi connectivity index (χ2v) is 7.89. The number of aryl methyl sites for hydroxylation is 2. The van der Waals surface area contributed by atoms with Crippen molar-refractivity contribution in [3.8, 4) is 0 Å². The number of likely N-dealkylation sites (tertiary alicyclic amines) is 1. The highest BCUT2D eigenvalue weighted by molar-refractivity contribution is 7.15. The Balaban J connectivity index is 1.66. The van der Waals surface area contributed by atoms with Gasteiger partial charge in [0, 0.05) is 11.4 Å². The molecule has 1 aliphatic heterocycles. The lowest BCUT2D eigenvalue weighted by Crippen LogP contribution is -2.53. The van der Waals surface area contributed by atoms with Crippen LogP contribution < -0.4 is 5.32 Å².